The molecule has 3 unspecified atom stereocenters. The zero-order valence-corrected chi connectivity index (χ0v) is 22.3. The van der Waals surface area contributed by atoms with Crippen LogP contribution in [0.4, 0.5) is 13.2 Å². The van der Waals surface area contributed by atoms with Gasteiger partial charge in [0.15, 0.2) is 0 Å². The van der Waals surface area contributed by atoms with Crippen molar-refractivity contribution in [2.24, 2.45) is 29.2 Å². The summed E-state index contributed by atoms with van der Waals surface area (Å²) in [6.07, 6.45) is 7.58. The van der Waals surface area contributed by atoms with Crippen LogP contribution in [0.5, 0.6) is 0 Å². The first-order chi connectivity index (χ1) is 18.1. The Balaban J connectivity index is 1.24. The summed E-state index contributed by atoms with van der Waals surface area (Å²) in [6.45, 7) is 0.463. The molecule has 3 saturated carbocycles. The first-order valence-corrected chi connectivity index (χ1v) is 14.3. The number of allylic oxidation sites excluding steroid dienone is 1. The van der Waals surface area contributed by atoms with Crippen molar-refractivity contribution in [3.63, 3.8) is 0 Å². The van der Waals surface area contributed by atoms with Crippen LogP contribution < -0.4 is 11.5 Å². The van der Waals surface area contributed by atoms with Crippen LogP contribution in [0.25, 0.3) is 0 Å². The molecule has 3 aliphatic carbocycles. The van der Waals surface area contributed by atoms with Crippen molar-refractivity contribution in [2.45, 2.75) is 120 Å². The number of rotatable bonds is 11. The molecule has 4 N–H and O–H groups in total. The molecule has 0 saturated heterocycles. The van der Waals surface area contributed by atoms with Crippen molar-refractivity contribution in [3.8, 4) is 0 Å². The highest BCUT2D eigenvalue weighted by Crippen LogP contribution is 2.32. The lowest BCUT2D eigenvalue weighted by atomic mass is 9.81. The fourth-order valence-electron chi connectivity index (χ4n) is 5.88. The molecule has 0 aromatic rings. The Kier molecular flexibility index (Phi) is 12.4. The zero-order chi connectivity index (χ0) is 27.5. The van der Waals surface area contributed by atoms with Crippen molar-refractivity contribution in [1.29, 1.82) is 0 Å². The lowest BCUT2D eigenvalue weighted by molar-refractivity contribution is -0.158. The number of alkyl halides is 3. The van der Waals surface area contributed by atoms with Gasteiger partial charge >= 0.3 is 18.1 Å². The number of ether oxygens (including phenoxy) is 3. The van der Waals surface area contributed by atoms with E-state index in [0.29, 0.717) is 38.2 Å². The maximum Gasteiger partial charge on any atom is 0.389 e. The lowest BCUT2D eigenvalue weighted by Crippen LogP contribution is -2.42. The average molecular weight is 547 g/mol. The number of esters is 2. The summed E-state index contributed by atoms with van der Waals surface area (Å²) in [5, 5.41) is 0. The minimum Gasteiger partial charge on any atom is -0.463 e. The van der Waals surface area contributed by atoms with Gasteiger partial charge in [0.25, 0.3) is 0 Å². The van der Waals surface area contributed by atoms with Crippen molar-refractivity contribution >= 4 is 11.9 Å². The highest BCUT2D eigenvalue weighted by atomic mass is 19.4. The highest BCUT2D eigenvalue weighted by molar-refractivity contribution is 5.81. The smallest absolute Gasteiger partial charge is 0.389 e. The Labute approximate surface area is 224 Å². The van der Waals surface area contributed by atoms with E-state index in [-0.39, 0.29) is 61.1 Å². The molecule has 0 heterocycles. The van der Waals surface area contributed by atoms with Crippen molar-refractivity contribution in [1.82, 2.24) is 0 Å². The molecule has 0 aliphatic heterocycles. The Morgan fingerprint density at radius 2 is 1.55 bits per heavy atom. The fraction of sp³-hybridized carbons (Fsp3) is 0.857. The normalized spacial score (nSPS) is 32.7. The van der Waals surface area contributed by atoms with Gasteiger partial charge < -0.3 is 25.7 Å². The van der Waals surface area contributed by atoms with Crippen molar-refractivity contribution in [2.75, 3.05) is 13.2 Å². The summed E-state index contributed by atoms with van der Waals surface area (Å²) < 4.78 is 53.4. The van der Waals surface area contributed by atoms with Crippen LogP contribution in [0.2, 0.25) is 0 Å². The topological polar surface area (TPSA) is 114 Å². The molecule has 0 spiro atoms. The van der Waals surface area contributed by atoms with E-state index in [1.807, 2.05) is 6.08 Å². The molecule has 7 nitrogen and oxygen atoms in total. The molecular formula is C28H45F3N2O5. The first-order valence-electron chi connectivity index (χ1n) is 14.3. The third-order valence-corrected chi connectivity index (χ3v) is 8.29. The highest BCUT2D eigenvalue weighted by Gasteiger charge is 2.31. The molecule has 3 fully saturated rings. The molecule has 38 heavy (non-hydrogen) atoms. The van der Waals surface area contributed by atoms with Gasteiger partial charge in [-0.05, 0) is 95.3 Å². The zero-order valence-electron chi connectivity index (χ0n) is 22.3. The van der Waals surface area contributed by atoms with Gasteiger partial charge in [-0.1, -0.05) is 6.08 Å². The van der Waals surface area contributed by atoms with Gasteiger partial charge in [0, 0.05) is 31.2 Å². The van der Waals surface area contributed by atoms with E-state index in [2.05, 4.69) is 0 Å². The van der Waals surface area contributed by atoms with Gasteiger partial charge in [-0.15, -0.1) is 0 Å². The predicted molar refractivity (Wildman–Crippen MR) is 137 cm³/mol. The summed E-state index contributed by atoms with van der Waals surface area (Å²) in [4.78, 5) is 24.7. The van der Waals surface area contributed by atoms with E-state index < -0.39 is 12.6 Å². The molecule has 0 amide bonds. The second-order valence-electron chi connectivity index (χ2n) is 11.3. The molecule has 3 rings (SSSR count). The first kappa shape index (κ1) is 30.9. The van der Waals surface area contributed by atoms with E-state index in [1.165, 1.54) is 6.08 Å². The standard InChI is InChI=1S/C28H45F3N2O5/c29-28(30,31)15-1-16-36-23-11-6-21(7-12-23)27(35)38-24-9-2-19(3-10-24)4-13-26(34)37-17-14-20-5-8-22(32)18-25(20)33/h4,13,19-25H,1-3,5-12,14-18,32-33H2/b13-4+. The molecule has 0 bridgehead atoms. The average Bonchev–Trinajstić information content (AvgIpc) is 2.87. The molecule has 10 heteroatoms. The van der Waals surface area contributed by atoms with E-state index in [4.69, 9.17) is 25.7 Å². The SMILES string of the molecule is NC1CCC(CCOC(=O)/C=C/C2CCC(OC(=O)C3CCC(OCCCC(F)(F)F)CC3)CC2)C(N)C1. The molecule has 0 aromatic heterocycles. The quantitative estimate of drug-likeness (QED) is 0.214. The maximum absolute atomic E-state index is 12.6. The van der Waals surface area contributed by atoms with Crippen LogP contribution in [0.1, 0.15) is 89.9 Å². The van der Waals surface area contributed by atoms with Crippen LogP contribution in [-0.2, 0) is 23.8 Å². The van der Waals surface area contributed by atoms with Gasteiger partial charge in [-0.2, -0.15) is 13.2 Å². The van der Waals surface area contributed by atoms with E-state index in [0.717, 1.165) is 51.4 Å². The van der Waals surface area contributed by atoms with E-state index >= 15 is 0 Å². The van der Waals surface area contributed by atoms with Crippen LogP contribution in [0.15, 0.2) is 12.2 Å². The maximum atomic E-state index is 12.6. The predicted octanol–water partition coefficient (Wildman–Crippen LogP) is 4.95. The van der Waals surface area contributed by atoms with Crippen LogP contribution in [0, 0.1) is 17.8 Å². The lowest BCUT2D eigenvalue weighted by Gasteiger charge is -2.32. The number of nitrogens with two attached hydrogens (primary N) is 2. The van der Waals surface area contributed by atoms with Crippen LogP contribution >= 0.6 is 0 Å². The van der Waals surface area contributed by atoms with Crippen LogP contribution in [0.3, 0.4) is 0 Å². The summed E-state index contributed by atoms with van der Waals surface area (Å²) in [5.74, 6) is -0.0695. The largest absolute Gasteiger partial charge is 0.463 e. The third kappa shape index (κ3) is 11.2. The number of hydrogen-bond acceptors (Lipinski definition) is 7. The summed E-state index contributed by atoms with van der Waals surface area (Å²) >= 11 is 0. The Hall–Kier alpha value is -1.65. The second kappa shape index (κ2) is 15.2. The molecule has 3 aliphatic rings. The second-order valence-corrected chi connectivity index (χ2v) is 11.3. The number of carbonyl (C=O) groups excluding carboxylic acids is 2. The van der Waals surface area contributed by atoms with E-state index in [1.54, 1.807) is 0 Å². The van der Waals surface area contributed by atoms with Crippen LogP contribution in [-0.4, -0.2) is 55.6 Å². The minimum absolute atomic E-state index is 0.0317. The summed E-state index contributed by atoms with van der Waals surface area (Å²) in [6, 6.07) is 0.255. The number of hydrogen-bond donors (Lipinski definition) is 2. The molecular weight excluding hydrogens is 501 g/mol. The van der Waals surface area contributed by atoms with Gasteiger partial charge in [0.2, 0.25) is 0 Å². The molecule has 3 atom stereocenters. The number of carbonyl (C=O) groups is 2. The van der Waals surface area contributed by atoms with Gasteiger partial charge in [-0.25, -0.2) is 4.79 Å². The monoisotopic (exact) mass is 546 g/mol. The number of halogens is 3. The van der Waals surface area contributed by atoms with Gasteiger partial charge in [-0.3, -0.25) is 4.79 Å². The Morgan fingerprint density at radius 3 is 2.21 bits per heavy atom. The summed E-state index contributed by atoms with van der Waals surface area (Å²) in [5.41, 5.74) is 12.1. The Morgan fingerprint density at radius 1 is 0.868 bits per heavy atom. The third-order valence-electron chi connectivity index (χ3n) is 8.29. The molecule has 0 radical (unpaired) electrons. The van der Waals surface area contributed by atoms with Crippen molar-refractivity contribution < 1.29 is 37.0 Å². The Bertz CT molecular complexity index is 762. The van der Waals surface area contributed by atoms with Gasteiger partial charge in [0.05, 0.1) is 18.6 Å². The van der Waals surface area contributed by atoms with Crippen molar-refractivity contribution in [3.05, 3.63) is 12.2 Å². The van der Waals surface area contributed by atoms with E-state index in [9.17, 15) is 22.8 Å². The van der Waals surface area contributed by atoms with Gasteiger partial charge in [0.1, 0.15) is 6.10 Å². The minimum atomic E-state index is -4.15. The summed E-state index contributed by atoms with van der Waals surface area (Å²) in [7, 11) is 0. The molecule has 218 valence electrons. The molecule has 0 aromatic carbocycles. The fourth-order valence-corrected chi connectivity index (χ4v) is 5.88.